The highest BCUT2D eigenvalue weighted by atomic mass is 19.2. The molecule has 2 heterocycles. The molecule has 0 aliphatic heterocycles. The molecule has 2 N–H and O–H groups in total. The molecule has 0 saturated heterocycles. The van der Waals surface area contributed by atoms with Gasteiger partial charge in [-0.25, -0.2) is 8.78 Å². The number of nitrogens with one attached hydrogen (secondary N) is 2. The van der Waals surface area contributed by atoms with Gasteiger partial charge in [0.15, 0.2) is 11.6 Å². The second-order valence-corrected chi connectivity index (χ2v) is 7.76. The van der Waals surface area contributed by atoms with E-state index in [4.69, 9.17) is 0 Å². The lowest BCUT2D eigenvalue weighted by molar-refractivity contribution is 0.511. The molecule has 0 unspecified atom stereocenters. The summed E-state index contributed by atoms with van der Waals surface area (Å²) in [7, 11) is 0. The quantitative estimate of drug-likeness (QED) is 0.440. The van der Waals surface area contributed by atoms with Crippen LogP contribution in [0, 0.1) is 11.6 Å². The van der Waals surface area contributed by atoms with Crippen LogP contribution in [0.5, 0.6) is 0 Å². The average molecular weight is 392 g/mol. The summed E-state index contributed by atoms with van der Waals surface area (Å²) in [5.41, 5.74) is 5.66. The van der Waals surface area contributed by atoms with Gasteiger partial charge in [-0.05, 0) is 48.9 Å². The molecule has 5 rings (SSSR count). The highest BCUT2D eigenvalue weighted by molar-refractivity contribution is 5.92. The Bertz CT molecular complexity index is 1190. The van der Waals surface area contributed by atoms with E-state index in [1.54, 1.807) is 12.3 Å². The van der Waals surface area contributed by atoms with Crippen LogP contribution in [0.3, 0.4) is 0 Å². The Morgan fingerprint density at radius 3 is 2.69 bits per heavy atom. The molecule has 148 valence electrons. The summed E-state index contributed by atoms with van der Waals surface area (Å²) in [5, 5.41) is 16.0. The molecule has 2 aromatic heterocycles. The molecule has 29 heavy (non-hydrogen) atoms. The van der Waals surface area contributed by atoms with E-state index in [9.17, 15) is 8.78 Å². The number of H-pyrrole nitrogens is 2. The molecule has 0 amide bonds. The fraction of sp³-hybridized carbons (Fsp3) is 0.304. The maximum absolute atomic E-state index is 14.5. The minimum absolute atomic E-state index is 0.201. The summed E-state index contributed by atoms with van der Waals surface area (Å²) < 4.78 is 28.3. The Morgan fingerprint density at radius 2 is 1.90 bits per heavy atom. The van der Waals surface area contributed by atoms with Gasteiger partial charge in [0.1, 0.15) is 0 Å². The van der Waals surface area contributed by atoms with Crippen molar-refractivity contribution in [3.05, 3.63) is 59.4 Å². The normalized spacial score (nSPS) is 14.9. The van der Waals surface area contributed by atoms with E-state index in [1.807, 2.05) is 6.07 Å². The van der Waals surface area contributed by atoms with Gasteiger partial charge in [-0.15, -0.1) is 0 Å². The fourth-order valence-electron chi connectivity index (χ4n) is 4.63. The molecule has 1 aliphatic rings. The van der Waals surface area contributed by atoms with Gasteiger partial charge in [0.25, 0.3) is 0 Å². The van der Waals surface area contributed by atoms with Crippen LogP contribution in [0.4, 0.5) is 8.78 Å². The zero-order chi connectivity index (χ0) is 20.0. The Morgan fingerprint density at radius 1 is 1.07 bits per heavy atom. The van der Waals surface area contributed by atoms with Crippen molar-refractivity contribution in [2.24, 2.45) is 0 Å². The van der Waals surface area contributed by atoms with Crippen LogP contribution in [-0.2, 0) is 6.42 Å². The van der Waals surface area contributed by atoms with Crippen LogP contribution in [0.1, 0.15) is 49.8 Å². The first-order chi connectivity index (χ1) is 14.2. The van der Waals surface area contributed by atoms with Crippen molar-refractivity contribution in [3.63, 3.8) is 0 Å². The molecule has 2 aromatic carbocycles. The van der Waals surface area contributed by atoms with Crippen LogP contribution in [0.25, 0.3) is 33.3 Å². The molecule has 6 heteroatoms. The summed E-state index contributed by atoms with van der Waals surface area (Å²) in [5.74, 6) is -1.23. The monoisotopic (exact) mass is 392 g/mol. The molecule has 0 radical (unpaired) electrons. The van der Waals surface area contributed by atoms with Gasteiger partial charge in [0, 0.05) is 27.8 Å². The third-order valence-electron chi connectivity index (χ3n) is 6.08. The molecular weight excluding hydrogens is 370 g/mol. The lowest BCUT2D eigenvalue weighted by Gasteiger charge is -2.14. The lowest BCUT2D eigenvalue weighted by Crippen LogP contribution is -1.97. The number of fused-ring (bicyclic) bond motifs is 1. The summed E-state index contributed by atoms with van der Waals surface area (Å²) in [6.45, 7) is 2.12. The van der Waals surface area contributed by atoms with Crippen molar-refractivity contribution in [2.75, 3.05) is 0 Å². The summed E-state index contributed by atoms with van der Waals surface area (Å²) in [6.07, 6.45) is 7.25. The standard InChI is InChI=1S/C23H22F2N4/c1-2-19-21-16(13-6-3-4-7-13)10-14(11-20(21)28-27-19)23-17(12-26-29-23)15-8-5-9-18(24)22(15)25/h5,8-13H,2-4,6-7H2,1H3,(H,26,29)(H,27,28). The van der Waals surface area contributed by atoms with Crippen LogP contribution < -0.4 is 0 Å². The van der Waals surface area contributed by atoms with Gasteiger partial charge >= 0.3 is 0 Å². The summed E-state index contributed by atoms with van der Waals surface area (Å²) >= 11 is 0. The zero-order valence-electron chi connectivity index (χ0n) is 16.2. The number of aromatic nitrogens is 4. The lowest BCUT2D eigenvalue weighted by atomic mass is 9.89. The van der Waals surface area contributed by atoms with Gasteiger partial charge in [-0.3, -0.25) is 10.2 Å². The Balaban J connectivity index is 1.71. The maximum Gasteiger partial charge on any atom is 0.166 e. The molecule has 4 nitrogen and oxygen atoms in total. The molecule has 1 fully saturated rings. The highest BCUT2D eigenvalue weighted by Gasteiger charge is 2.24. The van der Waals surface area contributed by atoms with E-state index >= 15 is 0 Å². The fourth-order valence-corrected chi connectivity index (χ4v) is 4.63. The first kappa shape index (κ1) is 18.0. The molecule has 4 aromatic rings. The third kappa shape index (κ3) is 2.94. The predicted octanol–water partition coefficient (Wildman–Crippen LogP) is 6.12. The molecular formula is C23H22F2N4. The smallest absolute Gasteiger partial charge is 0.166 e. The summed E-state index contributed by atoms with van der Waals surface area (Å²) in [6, 6.07) is 8.39. The number of aromatic amines is 2. The van der Waals surface area contributed by atoms with Crippen LogP contribution in [0.2, 0.25) is 0 Å². The number of halogens is 2. The Kier molecular flexibility index (Phi) is 4.42. The van der Waals surface area contributed by atoms with Gasteiger partial charge in [0.2, 0.25) is 0 Å². The molecule has 1 saturated carbocycles. The predicted molar refractivity (Wildman–Crippen MR) is 110 cm³/mol. The van der Waals surface area contributed by atoms with Crippen LogP contribution >= 0.6 is 0 Å². The van der Waals surface area contributed by atoms with E-state index in [1.165, 1.54) is 42.7 Å². The van der Waals surface area contributed by atoms with E-state index in [-0.39, 0.29) is 5.56 Å². The largest absolute Gasteiger partial charge is 0.281 e. The highest BCUT2D eigenvalue weighted by Crippen LogP contribution is 2.42. The van der Waals surface area contributed by atoms with Gasteiger partial charge in [0.05, 0.1) is 17.4 Å². The Labute approximate surface area is 167 Å². The third-order valence-corrected chi connectivity index (χ3v) is 6.08. The van der Waals surface area contributed by atoms with E-state index < -0.39 is 11.6 Å². The number of hydrogen-bond acceptors (Lipinski definition) is 2. The van der Waals surface area contributed by atoms with Crippen LogP contribution in [0.15, 0.2) is 36.5 Å². The molecule has 1 aliphatic carbocycles. The minimum atomic E-state index is -0.864. The molecule has 0 bridgehead atoms. The van der Waals surface area contributed by atoms with E-state index in [2.05, 4.69) is 33.4 Å². The number of rotatable bonds is 4. The van der Waals surface area contributed by atoms with Crippen molar-refractivity contribution >= 4 is 10.9 Å². The SMILES string of the molecule is CCc1[nH]nc2cc(-c3[nH]ncc3-c3cccc(F)c3F)cc(C3CCCC3)c12. The first-order valence-electron chi connectivity index (χ1n) is 10.2. The van der Waals surface area contributed by atoms with Crippen molar-refractivity contribution in [1.82, 2.24) is 20.4 Å². The first-order valence-corrected chi connectivity index (χ1v) is 10.2. The number of hydrogen-bond donors (Lipinski definition) is 2. The number of aryl methyl sites for hydroxylation is 1. The second-order valence-electron chi connectivity index (χ2n) is 7.76. The van der Waals surface area contributed by atoms with Gasteiger partial charge in [-0.1, -0.05) is 31.9 Å². The minimum Gasteiger partial charge on any atom is -0.281 e. The summed E-state index contributed by atoms with van der Waals surface area (Å²) in [4.78, 5) is 0. The van der Waals surface area contributed by atoms with Crippen molar-refractivity contribution in [2.45, 2.75) is 44.9 Å². The van der Waals surface area contributed by atoms with Crippen molar-refractivity contribution < 1.29 is 8.78 Å². The van der Waals surface area contributed by atoms with Gasteiger partial charge in [-0.2, -0.15) is 10.2 Å². The van der Waals surface area contributed by atoms with Crippen LogP contribution in [-0.4, -0.2) is 20.4 Å². The maximum atomic E-state index is 14.5. The van der Waals surface area contributed by atoms with E-state index in [0.29, 0.717) is 17.2 Å². The van der Waals surface area contributed by atoms with Crippen molar-refractivity contribution in [1.29, 1.82) is 0 Å². The number of nitrogens with zero attached hydrogens (tertiary/aromatic N) is 2. The number of benzene rings is 2. The Hall–Kier alpha value is -3.02. The zero-order valence-corrected chi connectivity index (χ0v) is 16.2. The van der Waals surface area contributed by atoms with E-state index in [0.717, 1.165) is 29.3 Å². The van der Waals surface area contributed by atoms with Gasteiger partial charge < -0.3 is 0 Å². The average Bonchev–Trinajstić information content (AvgIpc) is 3.49. The molecule has 0 spiro atoms. The second kappa shape index (κ2) is 7.10. The molecule has 0 atom stereocenters. The topological polar surface area (TPSA) is 57.4 Å². The van der Waals surface area contributed by atoms with Crippen molar-refractivity contribution in [3.8, 4) is 22.4 Å².